The molecule has 0 bridgehead atoms. The Morgan fingerprint density at radius 3 is 2.02 bits per heavy atom. The zero-order chi connectivity index (χ0) is 37.2. The van der Waals surface area contributed by atoms with Crippen LogP contribution in [0.3, 0.4) is 0 Å². The zero-order valence-electron chi connectivity index (χ0n) is 30.0. The van der Waals surface area contributed by atoms with Gasteiger partial charge in [-0.3, -0.25) is 5.43 Å². The third kappa shape index (κ3) is 6.17. The van der Waals surface area contributed by atoms with Crippen molar-refractivity contribution in [3.8, 4) is 11.3 Å². The lowest BCUT2D eigenvalue weighted by Gasteiger charge is -2.42. The standard InChI is InChI=1S/C44H39BrN6O3/c1-3-4-24-38-46-29(2)40(43(52)53)50(38)28-30-25-26-37-36(27-30)39(45)41(54-37)34-22-14-15-23-35(34)42-47-49-51(48-42)44(31-16-8-5-9-17-31,32-18-10-6-11-19-32)33-20-12-7-13-21-33/h5-23,25-27,49H,3-4,24,28H2,1-2H3,(H,47,48)(H,52,53). The van der Waals surface area contributed by atoms with Gasteiger partial charge in [0.05, 0.1) is 10.2 Å². The first kappa shape index (κ1) is 35.1. The molecule has 0 unspecified atom stereocenters. The number of unbranched alkanes of at least 4 members (excludes halogenated alkanes) is 1. The highest BCUT2D eigenvalue weighted by atomic mass is 79.9. The topological polar surface area (TPSA) is 108 Å². The molecule has 7 aromatic rings. The van der Waals surface area contributed by atoms with Crippen LogP contribution in [-0.4, -0.2) is 31.6 Å². The van der Waals surface area contributed by atoms with Gasteiger partial charge >= 0.3 is 5.97 Å². The molecule has 270 valence electrons. The van der Waals surface area contributed by atoms with E-state index in [-0.39, 0.29) is 5.69 Å². The predicted octanol–water partition coefficient (Wildman–Crippen LogP) is 9.43. The lowest BCUT2D eigenvalue weighted by atomic mass is 9.77. The molecular weight excluding hydrogens is 740 g/mol. The Labute approximate surface area is 322 Å². The number of hydrogen-bond donors (Lipinski definition) is 3. The van der Waals surface area contributed by atoms with E-state index in [4.69, 9.17) is 9.52 Å². The minimum atomic E-state index is -0.975. The van der Waals surface area contributed by atoms with Crippen LogP contribution < -0.4 is 11.0 Å². The molecule has 9 nitrogen and oxygen atoms in total. The van der Waals surface area contributed by atoms with Gasteiger partial charge in [0.2, 0.25) is 0 Å². The van der Waals surface area contributed by atoms with Crippen LogP contribution in [0.5, 0.6) is 0 Å². The van der Waals surface area contributed by atoms with Crippen molar-refractivity contribution in [3.63, 3.8) is 0 Å². The van der Waals surface area contributed by atoms with Gasteiger partial charge in [0, 0.05) is 29.5 Å². The molecule has 54 heavy (non-hydrogen) atoms. The second-order valence-electron chi connectivity index (χ2n) is 13.4. The molecular formula is C44H39BrN6O3. The SMILES string of the molecule is CCCCc1nc(C)c(C(=O)O)n1Cc1ccc2oc(-c3ccccc3C3=NNN(C(c4ccccc4)(c4ccccc4)c4ccccc4)N3)c(Br)c2c1. The molecule has 8 rings (SSSR count). The minimum Gasteiger partial charge on any atom is -0.477 e. The molecule has 0 saturated carbocycles. The summed E-state index contributed by atoms with van der Waals surface area (Å²) < 4.78 is 9.19. The molecule has 0 aliphatic carbocycles. The predicted molar refractivity (Wildman–Crippen MR) is 215 cm³/mol. The molecule has 2 aromatic heterocycles. The number of amidine groups is 1. The van der Waals surface area contributed by atoms with Gasteiger partial charge < -0.3 is 14.1 Å². The normalized spacial score (nSPS) is 13.1. The van der Waals surface area contributed by atoms with Crippen LogP contribution in [0.2, 0.25) is 0 Å². The van der Waals surface area contributed by atoms with Crippen LogP contribution in [0, 0.1) is 6.92 Å². The molecule has 5 aromatic carbocycles. The zero-order valence-corrected chi connectivity index (χ0v) is 31.5. The van der Waals surface area contributed by atoms with Gasteiger partial charge in [-0.15, -0.1) is 5.10 Å². The summed E-state index contributed by atoms with van der Waals surface area (Å²) in [5, 5.41) is 17.8. The van der Waals surface area contributed by atoms with Gasteiger partial charge in [-0.1, -0.05) is 140 Å². The first-order chi connectivity index (χ1) is 26.4. The van der Waals surface area contributed by atoms with E-state index in [2.05, 4.69) is 118 Å². The summed E-state index contributed by atoms with van der Waals surface area (Å²) in [6, 6.07) is 45.2. The Kier molecular flexibility index (Phi) is 9.62. The second-order valence-corrected chi connectivity index (χ2v) is 14.2. The quantitative estimate of drug-likeness (QED) is 0.106. The van der Waals surface area contributed by atoms with E-state index >= 15 is 0 Å². The summed E-state index contributed by atoms with van der Waals surface area (Å²) in [5.74, 6) is 1.10. The number of hydrazine groups is 2. The Bertz CT molecular complexity index is 2380. The smallest absolute Gasteiger partial charge is 0.354 e. The maximum Gasteiger partial charge on any atom is 0.354 e. The van der Waals surface area contributed by atoms with E-state index in [0.29, 0.717) is 29.4 Å². The third-order valence-corrected chi connectivity index (χ3v) is 10.8. The highest BCUT2D eigenvalue weighted by Gasteiger charge is 2.45. The first-order valence-corrected chi connectivity index (χ1v) is 18.9. The number of aromatic nitrogens is 2. The summed E-state index contributed by atoms with van der Waals surface area (Å²) in [5.41, 5.74) is 13.5. The molecule has 0 fully saturated rings. The molecule has 0 radical (unpaired) electrons. The average Bonchev–Trinajstić information content (AvgIpc) is 3.91. The number of aromatic carboxylic acids is 1. The van der Waals surface area contributed by atoms with Gasteiger partial charge in [-0.2, -0.15) is 0 Å². The average molecular weight is 780 g/mol. The largest absolute Gasteiger partial charge is 0.477 e. The summed E-state index contributed by atoms with van der Waals surface area (Å²) in [7, 11) is 0. The summed E-state index contributed by atoms with van der Waals surface area (Å²) in [4.78, 5) is 16.9. The lowest BCUT2D eigenvalue weighted by Crippen LogP contribution is -2.57. The molecule has 0 saturated heterocycles. The number of benzene rings is 5. The number of imidazole rings is 1. The van der Waals surface area contributed by atoms with Gasteiger partial charge in [-0.25, -0.2) is 15.3 Å². The lowest BCUT2D eigenvalue weighted by molar-refractivity contribution is 0.0684. The molecule has 3 heterocycles. The molecule has 0 spiro atoms. The maximum atomic E-state index is 12.3. The summed E-state index contributed by atoms with van der Waals surface area (Å²) in [6.07, 6.45) is 2.65. The fraction of sp³-hybridized carbons (Fsp3) is 0.159. The number of fused-ring (bicyclic) bond motifs is 1. The van der Waals surface area contributed by atoms with Crippen molar-refractivity contribution in [3.05, 3.63) is 183 Å². The van der Waals surface area contributed by atoms with Crippen LogP contribution in [-0.2, 0) is 18.5 Å². The van der Waals surface area contributed by atoms with Crippen LogP contribution >= 0.6 is 15.9 Å². The Hall–Kier alpha value is -5.97. The number of halogens is 1. The summed E-state index contributed by atoms with van der Waals surface area (Å²) >= 11 is 3.88. The van der Waals surface area contributed by atoms with E-state index in [0.717, 1.165) is 68.3 Å². The fourth-order valence-electron chi connectivity index (χ4n) is 7.51. The van der Waals surface area contributed by atoms with E-state index in [1.165, 1.54) is 0 Å². The number of furan rings is 1. The Morgan fingerprint density at radius 2 is 1.43 bits per heavy atom. The van der Waals surface area contributed by atoms with E-state index < -0.39 is 11.5 Å². The maximum absolute atomic E-state index is 12.3. The Balaban J connectivity index is 1.16. The molecule has 0 atom stereocenters. The van der Waals surface area contributed by atoms with Gasteiger partial charge in [0.15, 0.2) is 11.5 Å². The van der Waals surface area contributed by atoms with E-state index in [1.54, 1.807) is 6.92 Å². The number of nitrogens with one attached hydrogen (secondary N) is 2. The molecule has 10 heteroatoms. The molecule has 1 aliphatic rings. The van der Waals surface area contributed by atoms with E-state index in [9.17, 15) is 9.90 Å². The van der Waals surface area contributed by atoms with E-state index in [1.807, 2.05) is 64.3 Å². The fourth-order valence-corrected chi connectivity index (χ4v) is 8.12. The monoisotopic (exact) mass is 778 g/mol. The number of hydrogen-bond acceptors (Lipinski definition) is 7. The van der Waals surface area contributed by atoms with Gasteiger partial charge in [0.1, 0.15) is 22.7 Å². The molecule has 3 N–H and O–H groups in total. The van der Waals surface area contributed by atoms with Crippen molar-refractivity contribution < 1.29 is 14.3 Å². The number of nitrogens with zero attached hydrogens (tertiary/aromatic N) is 4. The van der Waals surface area contributed by atoms with Crippen molar-refractivity contribution in [2.24, 2.45) is 5.10 Å². The molecule has 0 amide bonds. The second kappa shape index (κ2) is 14.8. The van der Waals surface area contributed by atoms with Gasteiger partial charge in [0.25, 0.3) is 0 Å². The minimum absolute atomic E-state index is 0.227. The number of aryl methyl sites for hydroxylation is 2. The highest BCUT2D eigenvalue weighted by molar-refractivity contribution is 9.10. The summed E-state index contributed by atoms with van der Waals surface area (Å²) in [6.45, 7) is 4.26. The highest BCUT2D eigenvalue weighted by Crippen LogP contribution is 2.43. The number of rotatable bonds is 12. The van der Waals surface area contributed by atoms with Crippen LogP contribution in [0.4, 0.5) is 0 Å². The van der Waals surface area contributed by atoms with Crippen LogP contribution in [0.1, 0.15) is 69.6 Å². The third-order valence-electron chi connectivity index (χ3n) is 10.0. The van der Waals surface area contributed by atoms with Crippen LogP contribution in [0.15, 0.2) is 147 Å². The number of carboxylic acids is 1. The Morgan fingerprint density at radius 1 is 0.833 bits per heavy atom. The van der Waals surface area contributed by atoms with Gasteiger partial charge in [-0.05, 0) is 63.7 Å². The van der Waals surface area contributed by atoms with Crippen molar-refractivity contribution in [2.45, 2.75) is 45.2 Å². The molecule has 1 aliphatic heterocycles. The number of carboxylic acid groups (broad SMARTS) is 1. The van der Waals surface area contributed by atoms with Crippen molar-refractivity contribution in [2.75, 3.05) is 0 Å². The number of hydrazone groups is 1. The first-order valence-electron chi connectivity index (χ1n) is 18.1. The van der Waals surface area contributed by atoms with Crippen molar-refractivity contribution in [1.29, 1.82) is 0 Å². The van der Waals surface area contributed by atoms with Crippen molar-refractivity contribution in [1.82, 2.24) is 25.6 Å². The van der Waals surface area contributed by atoms with Crippen LogP contribution in [0.25, 0.3) is 22.3 Å². The van der Waals surface area contributed by atoms with Crippen molar-refractivity contribution >= 4 is 38.7 Å². The number of carbonyl (C=O) groups is 1.